The van der Waals surface area contributed by atoms with Gasteiger partial charge in [0, 0.05) is 11.3 Å². The summed E-state index contributed by atoms with van der Waals surface area (Å²) in [7, 11) is 0. The van der Waals surface area contributed by atoms with Gasteiger partial charge in [-0.25, -0.2) is 5.43 Å². The average Bonchev–Trinajstić information content (AvgIpc) is 3.24. The number of amides is 1. The van der Waals surface area contributed by atoms with Gasteiger partial charge in [-0.1, -0.05) is 77.3 Å². The van der Waals surface area contributed by atoms with Crippen molar-refractivity contribution in [2.75, 3.05) is 12.4 Å². The van der Waals surface area contributed by atoms with Gasteiger partial charge in [0.15, 0.2) is 8.68 Å². The molecule has 0 aliphatic carbocycles. The molecule has 2 aromatic carbocycles. The summed E-state index contributed by atoms with van der Waals surface area (Å²) in [6, 6.07) is 16.8. The topological polar surface area (TPSA) is 117 Å². The van der Waals surface area contributed by atoms with E-state index < -0.39 is 12.6 Å². The number of benzene rings is 2. The van der Waals surface area contributed by atoms with Crippen LogP contribution >= 0.6 is 34.9 Å². The van der Waals surface area contributed by atoms with E-state index in [-0.39, 0.29) is 11.7 Å². The molecular formula is C20H17N4O4S3-. The number of carbonyl (C=O) groups is 2. The third-order valence-corrected chi connectivity index (χ3v) is 6.84. The highest BCUT2D eigenvalue weighted by atomic mass is 32.2. The third-order valence-electron chi connectivity index (χ3n) is 3.58. The maximum Gasteiger partial charge on any atom is 0.250 e. The van der Waals surface area contributed by atoms with Crippen LogP contribution in [0.3, 0.4) is 0 Å². The standard InChI is InChI=1S/C20H18N4O4S3/c25-17(22-21-10-15-8-4-5-9-16(15)28-11-18(26)27)13-30-20-24-23-19(31-20)29-12-14-6-2-1-3-7-14/h1-10H,11-13H2,(H,22,25)(H,26,27)/p-1/b21-10-. The van der Waals surface area contributed by atoms with Crippen molar-refractivity contribution in [2.24, 2.45) is 5.10 Å². The molecule has 0 saturated heterocycles. The van der Waals surface area contributed by atoms with Gasteiger partial charge in [0.25, 0.3) is 5.91 Å². The minimum atomic E-state index is -1.32. The largest absolute Gasteiger partial charge is 0.546 e. The third kappa shape index (κ3) is 8.04. The lowest BCUT2D eigenvalue weighted by Gasteiger charge is -2.08. The van der Waals surface area contributed by atoms with E-state index in [1.54, 1.807) is 36.0 Å². The van der Waals surface area contributed by atoms with Crippen LogP contribution in [0.2, 0.25) is 0 Å². The molecule has 0 spiro atoms. The summed E-state index contributed by atoms with van der Waals surface area (Å²) in [5.41, 5.74) is 4.16. The Balaban J connectivity index is 1.43. The average molecular weight is 474 g/mol. The fraction of sp³-hybridized carbons (Fsp3) is 0.150. The Morgan fingerprint density at radius 3 is 2.55 bits per heavy atom. The first-order valence-corrected chi connectivity index (χ1v) is 11.8. The Hall–Kier alpha value is -2.89. The summed E-state index contributed by atoms with van der Waals surface area (Å²) in [6.45, 7) is -0.568. The Morgan fingerprint density at radius 1 is 1.06 bits per heavy atom. The zero-order valence-electron chi connectivity index (χ0n) is 16.1. The van der Waals surface area contributed by atoms with Crippen LogP contribution in [0.25, 0.3) is 0 Å². The van der Waals surface area contributed by atoms with Gasteiger partial charge in [0.1, 0.15) is 12.4 Å². The number of carbonyl (C=O) groups excluding carboxylic acids is 2. The van der Waals surface area contributed by atoms with Crippen LogP contribution in [0.4, 0.5) is 0 Å². The van der Waals surface area contributed by atoms with Crippen molar-refractivity contribution in [3.63, 3.8) is 0 Å². The SMILES string of the molecule is O=C([O-])COc1ccccc1/C=N\NC(=O)CSc1nnc(SCc2ccccc2)s1. The van der Waals surface area contributed by atoms with Crippen LogP contribution < -0.4 is 15.3 Å². The second-order valence-corrected chi connectivity index (χ2v) is 9.31. The van der Waals surface area contributed by atoms with Crippen LogP contribution in [-0.4, -0.2) is 40.6 Å². The van der Waals surface area contributed by atoms with Crippen LogP contribution in [0, 0.1) is 0 Å². The number of carboxylic acids is 1. The van der Waals surface area contributed by atoms with E-state index in [9.17, 15) is 14.7 Å². The summed E-state index contributed by atoms with van der Waals surface area (Å²) in [5, 5.41) is 22.7. The number of aliphatic carboxylic acids is 1. The van der Waals surface area contributed by atoms with Crippen molar-refractivity contribution < 1.29 is 19.4 Å². The molecule has 0 aliphatic rings. The molecule has 0 atom stereocenters. The predicted molar refractivity (Wildman–Crippen MR) is 119 cm³/mol. The van der Waals surface area contributed by atoms with Gasteiger partial charge in [-0.15, -0.1) is 10.2 Å². The number of nitrogens with zero attached hydrogens (tertiary/aromatic N) is 3. The zero-order chi connectivity index (χ0) is 21.9. The maximum atomic E-state index is 12.0. The summed E-state index contributed by atoms with van der Waals surface area (Å²) >= 11 is 4.32. The van der Waals surface area contributed by atoms with E-state index in [0.29, 0.717) is 15.7 Å². The number of nitrogens with one attached hydrogen (secondary N) is 1. The molecule has 1 N–H and O–H groups in total. The second kappa shape index (κ2) is 12.1. The van der Waals surface area contributed by atoms with E-state index in [1.807, 2.05) is 18.2 Å². The number of aromatic nitrogens is 2. The molecule has 31 heavy (non-hydrogen) atoms. The lowest BCUT2D eigenvalue weighted by Crippen LogP contribution is -2.29. The maximum absolute atomic E-state index is 12.0. The molecule has 8 nitrogen and oxygen atoms in total. The molecule has 0 unspecified atom stereocenters. The van der Waals surface area contributed by atoms with E-state index >= 15 is 0 Å². The fourth-order valence-electron chi connectivity index (χ4n) is 2.22. The smallest absolute Gasteiger partial charge is 0.250 e. The Bertz CT molecular complexity index is 1040. The van der Waals surface area contributed by atoms with Crippen LogP contribution in [0.1, 0.15) is 11.1 Å². The molecule has 0 bridgehead atoms. The minimum absolute atomic E-state index is 0.137. The van der Waals surface area contributed by atoms with Gasteiger partial charge in [-0.05, 0) is 17.7 Å². The summed E-state index contributed by atoms with van der Waals surface area (Å²) in [4.78, 5) is 22.6. The number of hydrogen-bond acceptors (Lipinski definition) is 10. The van der Waals surface area contributed by atoms with Gasteiger partial charge in [-0.2, -0.15) is 5.10 Å². The van der Waals surface area contributed by atoms with Crippen molar-refractivity contribution in [3.8, 4) is 5.75 Å². The molecule has 1 aromatic heterocycles. The minimum Gasteiger partial charge on any atom is -0.546 e. The Labute approximate surface area is 191 Å². The van der Waals surface area contributed by atoms with Crippen LogP contribution in [0.5, 0.6) is 5.75 Å². The normalized spacial score (nSPS) is 10.8. The van der Waals surface area contributed by atoms with E-state index in [0.717, 1.165) is 10.1 Å². The van der Waals surface area contributed by atoms with Crippen LogP contribution in [-0.2, 0) is 15.3 Å². The number of para-hydroxylation sites is 1. The number of carboxylic acid groups (broad SMARTS) is 1. The molecule has 3 aromatic rings. The summed E-state index contributed by atoms with van der Waals surface area (Å²) in [6.07, 6.45) is 1.39. The first-order chi connectivity index (χ1) is 15.1. The second-order valence-electron chi connectivity index (χ2n) is 5.89. The lowest BCUT2D eigenvalue weighted by atomic mass is 10.2. The molecule has 0 saturated carbocycles. The predicted octanol–water partition coefficient (Wildman–Crippen LogP) is 2.20. The van der Waals surface area contributed by atoms with E-state index in [2.05, 4.69) is 32.9 Å². The Morgan fingerprint density at radius 2 is 1.77 bits per heavy atom. The van der Waals surface area contributed by atoms with E-state index in [1.165, 1.54) is 34.9 Å². The highest BCUT2D eigenvalue weighted by Gasteiger charge is 2.09. The van der Waals surface area contributed by atoms with Gasteiger partial charge >= 0.3 is 0 Å². The van der Waals surface area contributed by atoms with Gasteiger partial charge in [0.05, 0.1) is 17.9 Å². The fourth-order valence-corrected chi connectivity index (χ4v) is 4.99. The lowest BCUT2D eigenvalue weighted by molar-refractivity contribution is -0.307. The molecule has 160 valence electrons. The van der Waals surface area contributed by atoms with Crippen molar-refractivity contribution in [2.45, 2.75) is 14.4 Å². The Kier molecular flexibility index (Phi) is 8.88. The number of hydrazone groups is 1. The first-order valence-electron chi connectivity index (χ1n) is 8.97. The molecule has 0 aliphatic heterocycles. The molecule has 11 heteroatoms. The van der Waals surface area contributed by atoms with Crippen molar-refractivity contribution in [1.82, 2.24) is 15.6 Å². The number of ether oxygens (including phenoxy) is 1. The van der Waals surface area contributed by atoms with Gasteiger partial charge in [0.2, 0.25) is 0 Å². The summed E-state index contributed by atoms with van der Waals surface area (Å²) in [5.74, 6) is -0.353. The first kappa shape index (κ1) is 22.8. The molecule has 1 heterocycles. The zero-order valence-corrected chi connectivity index (χ0v) is 18.5. The van der Waals surface area contributed by atoms with Gasteiger partial charge < -0.3 is 14.6 Å². The van der Waals surface area contributed by atoms with E-state index in [4.69, 9.17) is 4.74 Å². The molecule has 3 rings (SSSR count). The molecular weight excluding hydrogens is 456 g/mol. The van der Waals surface area contributed by atoms with Crippen molar-refractivity contribution in [1.29, 1.82) is 0 Å². The number of rotatable bonds is 11. The van der Waals surface area contributed by atoms with Gasteiger partial charge in [-0.3, -0.25) is 4.79 Å². The molecule has 1 amide bonds. The number of thioether (sulfide) groups is 2. The molecule has 0 radical (unpaired) electrons. The highest BCUT2D eigenvalue weighted by molar-refractivity contribution is 8.03. The number of hydrogen-bond donors (Lipinski definition) is 1. The van der Waals surface area contributed by atoms with Crippen molar-refractivity contribution >= 4 is 53.0 Å². The summed E-state index contributed by atoms with van der Waals surface area (Å²) < 4.78 is 6.68. The monoisotopic (exact) mass is 473 g/mol. The van der Waals surface area contributed by atoms with Crippen molar-refractivity contribution in [3.05, 3.63) is 65.7 Å². The highest BCUT2D eigenvalue weighted by Crippen LogP contribution is 2.30. The molecule has 0 fully saturated rings. The van der Waals surface area contributed by atoms with Crippen LogP contribution in [0.15, 0.2) is 68.4 Å². The quantitative estimate of drug-likeness (QED) is 0.256.